The number of carbonyl (C=O) groups excluding carboxylic acids is 1. The highest BCUT2D eigenvalue weighted by Gasteiger charge is 2.13. The van der Waals surface area contributed by atoms with Crippen LogP contribution in [0, 0.1) is 0 Å². The predicted octanol–water partition coefficient (Wildman–Crippen LogP) is 0.337. The van der Waals surface area contributed by atoms with E-state index >= 15 is 0 Å². The largest absolute Gasteiger partial charge is 0.463 e. The van der Waals surface area contributed by atoms with Crippen LogP contribution in [-0.4, -0.2) is 58.8 Å². The van der Waals surface area contributed by atoms with Crippen LogP contribution in [0.25, 0.3) is 0 Å². The van der Waals surface area contributed by atoms with Gasteiger partial charge in [-0.15, -0.1) is 0 Å². The average molecular weight is 263 g/mol. The minimum Gasteiger partial charge on any atom is -0.463 e. The average Bonchev–Trinajstić information content (AvgIpc) is 2.37. The zero-order chi connectivity index (χ0) is 13.6. The summed E-state index contributed by atoms with van der Waals surface area (Å²) in [6, 6.07) is 0. The third-order valence-corrected chi connectivity index (χ3v) is 2.19. The molecule has 108 valence electrons. The molecule has 0 aromatic heterocycles. The molecule has 6 nitrogen and oxygen atoms in total. The van der Waals surface area contributed by atoms with Crippen molar-refractivity contribution in [3.05, 3.63) is 0 Å². The lowest BCUT2D eigenvalue weighted by atomic mass is 10.2. The zero-order valence-corrected chi connectivity index (χ0v) is 11.4. The van der Waals surface area contributed by atoms with Crippen LogP contribution < -0.4 is 5.73 Å². The van der Waals surface area contributed by atoms with E-state index in [4.69, 9.17) is 24.7 Å². The highest BCUT2D eigenvalue weighted by molar-refractivity contribution is 5.69. The van der Waals surface area contributed by atoms with Crippen molar-refractivity contribution in [1.82, 2.24) is 0 Å². The van der Waals surface area contributed by atoms with Gasteiger partial charge in [-0.1, -0.05) is 0 Å². The standard InChI is InChI=1S/C12H25NO5/c1-3-17-11(10-13)9-12(14)18-8-7-16-6-4-5-15-2/h11H,3-10,13H2,1-2H3. The number of hydrogen-bond donors (Lipinski definition) is 1. The van der Waals surface area contributed by atoms with Gasteiger partial charge in [0.05, 0.1) is 19.1 Å². The summed E-state index contributed by atoms with van der Waals surface area (Å²) in [6.07, 6.45) is 0.767. The second kappa shape index (κ2) is 12.8. The molecule has 0 aromatic carbocycles. The van der Waals surface area contributed by atoms with Crippen LogP contribution in [0.4, 0.5) is 0 Å². The second-order valence-corrected chi connectivity index (χ2v) is 3.70. The number of esters is 1. The highest BCUT2D eigenvalue weighted by Crippen LogP contribution is 1.99. The van der Waals surface area contributed by atoms with Crippen molar-refractivity contribution in [3.8, 4) is 0 Å². The monoisotopic (exact) mass is 263 g/mol. The molecule has 0 aliphatic carbocycles. The Morgan fingerprint density at radius 1 is 1.22 bits per heavy atom. The van der Waals surface area contributed by atoms with Crippen LogP contribution >= 0.6 is 0 Å². The molecule has 0 rings (SSSR count). The summed E-state index contributed by atoms with van der Waals surface area (Å²) in [5, 5.41) is 0. The van der Waals surface area contributed by atoms with Crippen molar-refractivity contribution in [3.63, 3.8) is 0 Å². The molecule has 0 aliphatic heterocycles. The Morgan fingerprint density at radius 2 is 2.00 bits per heavy atom. The van der Waals surface area contributed by atoms with E-state index in [2.05, 4.69) is 0 Å². The van der Waals surface area contributed by atoms with Crippen molar-refractivity contribution in [2.45, 2.75) is 25.9 Å². The topological polar surface area (TPSA) is 80.0 Å². The lowest BCUT2D eigenvalue weighted by Gasteiger charge is -2.13. The van der Waals surface area contributed by atoms with Gasteiger partial charge < -0.3 is 24.7 Å². The summed E-state index contributed by atoms with van der Waals surface area (Å²) in [5.41, 5.74) is 5.46. The molecule has 0 spiro atoms. The molecule has 6 heteroatoms. The number of carbonyl (C=O) groups is 1. The smallest absolute Gasteiger partial charge is 0.308 e. The molecule has 2 N–H and O–H groups in total. The first kappa shape index (κ1) is 17.3. The molecule has 0 saturated carbocycles. The fourth-order valence-electron chi connectivity index (χ4n) is 1.31. The van der Waals surface area contributed by atoms with E-state index in [9.17, 15) is 4.79 Å². The molecule has 18 heavy (non-hydrogen) atoms. The second-order valence-electron chi connectivity index (χ2n) is 3.70. The third-order valence-electron chi connectivity index (χ3n) is 2.19. The summed E-state index contributed by atoms with van der Waals surface area (Å²) in [6.45, 7) is 4.66. The van der Waals surface area contributed by atoms with Gasteiger partial charge in [0.2, 0.25) is 0 Å². The third kappa shape index (κ3) is 10.5. The zero-order valence-electron chi connectivity index (χ0n) is 11.4. The number of ether oxygens (including phenoxy) is 4. The molecule has 0 radical (unpaired) electrons. The van der Waals surface area contributed by atoms with Crippen LogP contribution in [0.3, 0.4) is 0 Å². The van der Waals surface area contributed by atoms with Gasteiger partial charge in [-0.05, 0) is 13.3 Å². The first-order valence-corrected chi connectivity index (χ1v) is 6.28. The van der Waals surface area contributed by atoms with Crippen molar-refractivity contribution in [1.29, 1.82) is 0 Å². The minimum absolute atomic E-state index is 0.189. The van der Waals surface area contributed by atoms with Crippen LogP contribution in [-0.2, 0) is 23.7 Å². The van der Waals surface area contributed by atoms with E-state index in [0.29, 0.717) is 33.0 Å². The van der Waals surface area contributed by atoms with Gasteiger partial charge in [-0.3, -0.25) is 4.79 Å². The Balaban J connectivity index is 3.41. The van der Waals surface area contributed by atoms with Crippen molar-refractivity contribution < 1.29 is 23.7 Å². The number of hydrogen-bond acceptors (Lipinski definition) is 6. The van der Waals surface area contributed by atoms with Crippen molar-refractivity contribution >= 4 is 5.97 Å². The maximum absolute atomic E-state index is 11.4. The molecule has 0 aliphatic rings. The molecule has 0 fully saturated rings. The molecule has 0 amide bonds. The molecule has 1 unspecified atom stereocenters. The van der Waals surface area contributed by atoms with Crippen LogP contribution in [0.2, 0.25) is 0 Å². The van der Waals surface area contributed by atoms with Gasteiger partial charge in [-0.2, -0.15) is 0 Å². The Morgan fingerprint density at radius 3 is 2.61 bits per heavy atom. The summed E-state index contributed by atoms with van der Waals surface area (Å²) in [7, 11) is 1.65. The molecule has 0 heterocycles. The fourth-order valence-corrected chi connectivity index (χ4v) is 1.31. The number of rotatable bonds is 12. The van der Waals surface area contributed by atoms with E-state index in [0.717, 1.165) is 6.42 Å². The van der Waals surface area contributed by atoms with Gasteiger partial charge in [0.15, 0.2) is 0 Å². The molecular weight excluding hydrogens is 238 g/mol. The lowest BCUT2D eigenvalue weighted by Crippen LogP contribution is -2.28. The van der Waals surface area contributed by atoms with Crippen LogP contribution in [0.15, 0.2) is 0 Å². The van der Waals surface area contributed by atoms with Gasteiger partial charge in [0, 0.05) is 33.5 Å². The maximum Gasteiger partial charge on any atom is 0.308 e. The number of methoxy groups -OCH3 is 1. The van der Waals surface area contributed by atoms with E-state index in [-0.39, 0.29) is 25.1 Å². The van der Waals surface area contributed by atoms with Gasteiger partial charge in [-0.25, -0.2) is 0 Å². The molecule has 0 saturated heterocycles. The molecular formula is C12H25NO5. The fraction of sp³-hybridized carbons (Fsp3) is 0.917. The van der Waals surface area contributed by atoms with E-state index in [1.54, 1.807) is 7.11 Å². The quantitative estimate of drug-likeness (QED) is 0.404. The summed E-state index contributed by atoms with van der Waals surface area (Å²) < 4.78 is 20.4. The normalized spacial score (nSPS) is 12.4. The van der Waals surface area contributed by atoms with Crippen LogP contribution in [0.5, 0.6) is 0 Å². The highest BCUT2D eigenvalue weighted by atomic mass is 16.6. The van der Waals surface area contributed by atoms with Crippen LogP contribution in [0.1, 0.15) is 19.8 Å². The van der Waals surface area contributed by atoms with Gasteiger partial charge in [0.1, 0.15) is 6.61 Å². The van der Waals surface area contributed by atoms with Crippen molar-refractivity contribution in [2.75, 3.05) is 46.7 Å². The minimum atomic E-state index is -0.306. The lowest BCUT2D eigenvalue weighted by molar-refractivity contribution is -0.148. The van der Waals surface area contributed by atoms with E-state index in [1.807, 2.05) is 6.92 Å². The van der Waals surface area contributed by atoms with Crippen molar-refractivity contribution in [2.24, 2.45) is 5.73 Å². The predicted molar refractivity (Wildman–Crippen MR) is 67.4 cm³/mol. The first-order valence-electron chi connectivity index (χ1n) is 6.28. The number of nitrogens with two attached hydrogens (primary N) is 1. The molecule has 0 aromatic rings. The Hall–Kier alpha value is -0.690. The maximum atomic E-state index is 11.4. The Labute approximate surface area is 109 Å². The summed E-state index contributed by atoms with van der Waals surface area (Å²) in [5.74, 6) is -0.306. The SMILES string of the molecule is CCOC(CN)CC(=O)OCCOCCCOC. The van der Waals surface area contributed by atoms with E-state index in [1.165, 1.54) is 0 Å². The Kier molecular flexibility index (Phi) is 12.3. The van der Waals surface area contributed by atoms with E-state index < -0.39 is 0 Å². The van der Waals surface area contributed by atoms with Gasteiger partial charge >= 0.3 is 5.97 Å². The molecule has 1 atom stereocenters. The first-order chi connectivity index (χ1) is 8.74. The summed E-state index contributed by atoms with van der Waals surface area (Å²) in [4.78, 5) is 11.4. The van der Waals surface area contributed by atoms with Gasteiger partial charge in [0.25, 0.3) is 0 Å². The summed E-state index contributed by atoms with van der Waals surface area (Å²) >= 11 is 0. The molecule has 0 bridgehead atoms. The Bertz CT molecular complexity index is 201.